The minimum atomic E-state index is -2.51. The number of ether oxygens (including phenoxy) is 9. The van der Waals surface area contributed by atoms with Gasteiger partial charge in [-0.2, -0.15) is 0 Å². The van der Waals surface area contributed by atoms with Gasteiger partial charge in [-0.05, 0) is 175 Å². The van der Waals surface area contributed by atoms with E-state index in [2.05, 4.69) is 70.1 Å². The molecule has 0 aromatic rings. The van der Waals surface area contributed by atoms with Crippen molar-refractivity contribution in [2.45, 2.75) is 183 Å². The molecule has 0 radical (unpaired) electrons. The van der Waals surface area contributed by atoms with Crippen LogP contribution in [0.4, 0.5) is 0 Å². The number of aliphatic hydroxyl groups is 1. The molecule has 0 aliphatic carbocycles. The van der Waals surface area contributed by atoms with E-state index in [9.17, 15) is 42.2 Å². The molecule has 0 aromatic carbocycles. The molecule has 5 atom stereocenters. The molecule has 764 valence electrons. The Morgan fingerprint density at radius 1 is 0.402 bits per heavy atom. The van der Waals surface area contributed by atoms with Crippen LogP contribution in [0.5, 0.6) is 0 Å². The Kier molecular flexibility index (Phi) is 119. The first-order valence-corrected chi connectivity index (χ1v) is 54.5. The van der Waals surface area contributed by atoms with Crippen molar-refractivity contribution in [3.63, 3.8) is 0 Å². The fourth-order valence-corrected chi connectivity index (χ4v) is 13.4. The lowest BCUT2D eigenvalue weighted by atomic mass is 10.1. The molecule has 27 nitrogen and oxygen atoms in total. The van der Waals surface area contributed by atoms with Crippen LogP contribution in [0.25, 0.3) is 0 Å². The van der Waals surface area contributed by atoms with Crippen molar-refractivity contribution >= 4 is 97.9 Å². The van der Waals surface area contributed by atoms with Gasteiger partial charge in [-0.1, -0.05) is 185 Å². The predicted octanol–water partition coefficient (Wildman–Crippen LogP) is 24.8. The van der Waals surface area contributed by atoms with Gasteiger partial charge in [-0.3, -0.25) is 42.2 Å². The monoisotopic (exact) mass is 2010 g/mol. The van der Waals surface area contributed by atoms with Crippen molar-refractivity contribution in [1.29, 1.82) is 0 Å². The molecule has 34 heteroatoms. The van der Waals surface area contributed by atoms with Crippen molar-refractivity contribution in [2.75, 3.05) is 173 Å². The third kappa shape index (κ3) is 124. The van der Waals surface area contributed by atoms with Crippen LogP contribution >= 0.6 is 61.1 Å². The molecule has 1 fully saturated rings. The molecule has 2 N–H and O–H groups in total. The molecule has 132 heavy (non-hydrogen) atoms. The number of allylic oxidation sites excluding steroid dienone is 34. The van der Waals surface area contributed by atoms with Crippen LogP contribution in [0.3, 0.4) is 0 Å². The molecule has 1 saturated heterocycles. The van der Waals surface area contributed by atoms with Gasteiger partial charge in [0.25, 0.3) is 12.3 Å². The van der Waals surface area contributed by atoms with E-state index in [1.54, 1.807) is 170 Å². The van der Waals surface area contributed by atoms with Crippen LogP contribution in [0.15, 0.2) is 214 Å². The van der Waals surface area contributed by atoms with Crippen LogP contribution in [0.1, 0.15) is 158 Å². The summed E-state index contributed by atoms with van der Waals surface area (Å²) < 4.78 is 122. The summed E-state index contributed by atoms with van der Waals surface area (Å²) in [7, 11) is 1.94. The van der Waals surface area contributed by atoms with Crippen molar-refractivity contribution in [3.8, 4) is 0 Å². The second-order valence-corrected chi connectivity index (χ2v) is 40.9. The minimum Gasteiger partial charge on any atom is -0.501 e. The number of carbonyl (C=O) groups is 6. The highest BCUT2D eigenvalue weighted by atomic mass is 35.5. The van der Waals surface area contributed by atoms with Gasteiger partial charge in [0.05, 0.1) is 65.4 Å². The number of carboxylic acids is 1. The average Bonchev–Trinajstić information content (AvgIpc) is 0.949. The number of hydrogen-bond acceptors (Lipinski definition) is 26. The number of aldehydes is 4. The van der Waals surface area contributed by atoms with Gasteiger partial charge < -0.3 is 80.0 Å². The fourth-order valence-electron chi connectivity index (χ4n) is 7.63. The Bertz CT molecular complexity index is 3420. The second-order valence-electron chi connectivity index (χ2n) is 28.3. The summed E-state index contributed by atoms with van der Waals surface area (Å²) in [4.78, 5) is 59.8. The third-order valence-corrected chi connectivity index (χ3v) is 23.5. The molecule has 1 rings (SSSR count). The van der Waals surface area contributed by atoms with Crippen LogP contribution in [-0.4, -0.2) is 245 Å². The van der Waals surface area contributed by atoms with E-state index >= 15 is 0 Å². The topological polar surface area (TPSA) is 350 Å². The van der Waals surface area contributed by atoms with Gasteiger partial charge in [0, 0.05) is 132 Å². The largest absolute Gasteiger partial charge is 0.501 e. The number of hydrogen-bond donors (Lipinski definition) is 2. The van der Waals surface area contributed by atoms with E-state index in [1.165, 1.54) is 25.4 Å². The maximum Gasteiger partial charge on any atom is 0.359 e. The highest BCUT2D eigenvalue weighted by molar-refractivity contribution is 7.59. The summed E-state index contributed by atoms with van der Waals surface area (Å²) in [6.45, 7) is 55.5. The fraction of sp³-hybridized carbons (Fsp3) is 0.561. The first-order chi connectivity index (χ1) is 61.9. The summed E-state index contributed by atoms with van der Waals surface area (Å²) in [5.41, 5.74) is 7.57. The Hall–Kier alpha value is -6.02. The number of Topliss-reactive ketones (excluding diaryl/α,β-unsaturated/α-hetero) is 1. The van der Waals surface area contributed by atoms with Gasteiger partial charge in [0.2, 0.25) is 29.5 Å². The smallest absolute Gasteiger partial charge is 0.359 e. The molecule has 0 saturated carbocycles. The summed E-state index contributed by atoms with van der Waals surface area (Å²) in [6, 6.07) is 0. The summed E-state index contributed by atoms with van der Waals surface area (Å²) >= 11 is 10.5. The second kappa shape index (κ2) is 105. The van der Waals surface area contributed by atoms with Gasteiger partial charge in [-0.25, -0.2) is 4.79 Å². The molecule has 0 spiro atoms. The standard InChI is InChI=1S/2C14H24O2.2C10H22O4P2.2C10H14O2.C10H12O2.C5H9O3.C5H13O2P.C4H6Cl2.C4H8O2.C2H4O2/c2*1-11(2)12(3)9-7-8-10-13(4)14(15-5)16-6;2*1-5-13-15(3,11)9-7-8-10-16(4,12)14-6-2;2*1-9(8-11)6-4-5-7-10(2)12-3;1-9(7-11)5-3-4-6-10(2)8-12;1-4(6)5(7-2)8-3;1-4-6-8(3)7-5-2;5-3-1-2-4-6;5-4-2-1-3-6-4;1-2(3)4/h2*7-11,14H,1-6H3;2*7-8H,5-6,9-10H2,1-4H3;2*4-8H,1-3H3;3-8H,1-2H3;5H,1H2,2-3H3;4-5H2,1-3H3;1-2H,3-4H2;4-5H,1-3H2;1H3,(H,3,4)/q;;;;;;;+1;;;;/b8-7+,12-9?,13-10?;8-7+,12-9+,13-10+;2*8-7+;5-4+,9-6+,10-7+;5-4+,9-6-,10-7+;4-3+,9-5-,10-6-;;;2-1+;;. The minimum absolute atomic E-state index is 0.250. The van der Waals surface area contributed by atoms with Gasteiger partial charge >= 0.3 is 5.78 Å². The van der Waals surface area contributed by atoms with E-state index in [1.807, 2.05) is 149 Å². The van der Waals surface area contributed by atoms with E-state index in [4.69, 9.17) is 98.5 Å². The van der Waals surface area contributed by atoms with Crippen molar-refractivity contribution in [3.05, 3.63) is 221 Å². The number of methoxy groups -OCH3 is 8. The molecular weight excluding hydrogens is 1830 g/mol. The summed E-state index contributed by atoms with van der Waals surface area (Å²) in [5.74, 6) is 2.79. The molecule has 5 unspecified atom stereocenters. The van der Waals surface area contributed by atoms with Crippen LogP contribution < -0.4 is 0 Å². The quantitative estimate of drug-likeness (QED) is 0.00657. The lowest BCUT2D eigenvalue weighted by Gasteiger charge is -2.12. The number of aliphatic hydroxyl groups excluding tert-OH is 1. The molecule has 0 amide bonds. The molecular formula is C98H172Cl2O27P5+. The molecule has 1 heterocycles. The number of carbonyl (C=O) groups excluding carboxylic acids is 5. The Balaban J connectivity index is -0.000000137. The van der Waals surface area contributed by atoms with Gasteiger partial charge in [0.15, 0.2) is 27.2 Å². The normalized spacial score (nSPS) is 15.4. The van der Waals surface area contributed by atoms with E-state index in [0.717, 1.165) is 87.4 Å². The van der Waals surface area contributed by atoms with Crippen LogP contribution in [0.2, 0.25) is 0 Å². The Labute approximate surface area is 809 Å². The van der Waals surface area contributed by atoms with Crippen molar-refractivity contribution in [2.24, 2.45) is 11.8 Å². The molecule has 1 aliphatic rings. The number of ketones is 1. The molecule has 0 bridgehead atoms. The first-order valence-electron chi connectivity index (χ1n) is 42.8. The number of rotatable bonds is 49. The number of carboxylic acid groups (broad SMARTS) is 1. The third-order valence-electron chi connectivity index (χ3n) is 15.2. The average molecular weight is 2010 g/mol. The number of alkyl halides is 2. The Morgan fingerprint density at radius 2 is 0.629 bits per heavy atom. The number of aliphatic carboxylic acids is 1. The zero-order valence-corrected chi connectivity index (χ0v) is 92.2. The zero-order valence-electron chi connectivity index (χ0n) is 86.2. The lowest BCUT2D eigenvalue weighted by molar-refractivity contribution is -0.151. The predicted molar refractivity (Wildman–Crippen MR) is 555 cm³/mol. The maximum atomic E-state index is 11.7. The zero-order chi connectivity index (χ0) is 104. The van der Waals surface area contributed by atoms with Crippen molar-refractivity contribution < 1.29 is 127 Å². The SMILES string of the molecule is C/C(C=O)=C/C=C/C=C(/C)C=O.CC(=O)O.CCOP(C)(=O)C/C=C/CP(C)(=O)OCC.CCOP(C)(=O)C/C=C/CP(C)(=O)OCC.CCOP(C)OCC.CO/C(C)=C/C=C/C=C(/C)C=O.CO/C(C)=C/C=C/C=C(\C)C=O.COC(OC)/C(C)=C/C=C/C=C(\C)C(C)C.COC(OC)C(C)=C/C=C/C=C(C)C(C)C.ClC/C=C/CCl.OC1CCCO1.[CH2+]C(=O)C(OC)OC. The van der Waals surface area contributed by atoms with E-state index in [0.29, 0.717) is 97.0 Å². The highest BCUT2D eigenvalue weighted by Gasteiger charge is 2.18. The summed E-state index contributed by atoms with van der Waals surface area (Å²) in [6.07, 6.45) is 53.0. The molecule has 1 aliphatic heterocycles. The summed E-state index contributed by atoms with van der Waals surface area (Å²) in [5, 5.41) is 15.9. The first kappa shape index (κ1) is 149. The maximum absolute atomic E-state index is 11.7. The van der Waals surface area contributed by atoms with Crippen LogP contribution in [-0.2, 0) is 117 Å². The van der Waals surface area contributed by atoms with Crippen molar-refractivity contribution in [1.82, 2.24) is 0 Å². The number of halogens is 2. The Morgan fingerprint density at radius 3 is 0.780 bits per heavy atom. The van der Waals surface area contributed by atoms with Crippen LogP contribution in [0, 0.1) is 18.8 Å². The van der Waals surface area contributed by atoms with Gasteiger partial charge in [0.1, 0.15) is 32.1 Å². The van der Waals surface area contributed by atoms with Gasteiger partial charge in [-0.15, -0.1) is 23.2 Å². The van der Waals surface area contributed by atoms with E-state index < -0.39 is 56.4 Å². The molecule has 0 aromatic heterocycles. The highest BCUT2D eigenvalue weighted by Crippen LogP contribution is 2.46. The van der Waals surface area contributed by atoms with E-state index in [-0.39, 0.29) is 18.4 Å². The lowest BCUT2D eigenvalue weighted by Crippen LogP contribution is -2.21.